The maximum atomic E-state index is 6.56. The highest BCUT2D eigenvalue weighted by Crippen LogP contribution is 2.44. The van der Waals surface area contributed by atoms with E-state index < -0.39 is 0 Å². The van der Waals surface area contributed by atoms with E-state index in [1.165, 1.54) is 83.7 Å². The van der Waals surface area contributed by atoms with Crippen molar-refractivity contribution in [3.05, 3.63) is 11.6 Å². The summed E-state index contributed by atoms with van der Waals surface area (Å²) >= 11 is 0. The molecule has 0 unspecified atom stereocenters. The average Bonchev–Trinajstić information content (AvgIpc) is 3.32. The Labute approximate surface area is 470 Å². The zero-order valence-corrected chi connectivity index (χ0v) is 53.5. The van der Waals surface area contributed by atoms with Gasteiger partial charge in [0.15, 0.2) is 0 Å². The zero-order valence-electron chi connectivity index (χ0n) is 53.5. The fraction of sp³-hybridized carbons (Fsp3) is 0.953. The van der Waals surface area contributed by atoms with E-state index in [1.807, 2.05) is 0 Å². The third kappa shape index (κ3) is 20.5. The number of aromatic nitrogens is 3. The molecule has 0 radical (unpaired) electrons. The zero-order chi connectivity index (χ0) is 56.2. The SMILES string of the molecule is CCCCCCc1nc(CCN(CCCCCCCCN(CCCC)C2CC(C)(C)N(OCCC)C(C)(C)C2)C2CC(C)(C)N(OCCC)C(C)(C)C2)nc(N(CCCC)CC2CC(C)(C)N(OCCC)C(C)(C)C2)n1. The number of hydrogen-bond acceptors (Lipinski definition) is 12. The van der Waals surface area contributed by atoms with Crippen molar-refractivity contribution in [2.45, 2.75) is 330 Å². The van der Waals surface area contributed by atoms with Gasteiger partial charge in [0.1, 0.15) is 11.6 Å². The molecule has 0 aromatic carbocycles. The van der Waals surface area contributed by atoms with E-state index in [9.17, 15) is 0 Å². The molecule has 0 saturated carbocycles. The molecule has 12 nitrogen and oxygen atoms in total. The van der Waals surface area contributed by atoms with Crippen molar-refractivity contribution < 1.29 is 14.5 Å². The minimum atomic E-state index is -0.0800. The van der Waals surface area contributed by atoms with Gasteiger partial charge < -0.3 is 9.80 Å². The second kappa shape index (κ2) is 31.6. The van der Waals surface area contributed by atoms with Gasteiger partial charge in [0, 0.05) is 77.8 Å². The molecule has 3 aliphatic heterocycles. The van der Waals surface area contributed by atoms with Crippen molar-refractivity contribution in [3.8, 4) is 0 Å². The van der Waals surface area contributed by atoms with Crippen LogP contribution in [0.15, 0.2) is 0 Å². The first-order valence-electron chi connectivity index (χ1n) is 32.2. The summed E-state index contributed by atoms with van der Waals surface area (Å²) in [5.41, 5.74) is -0.254. The van der Waals surface area contributed by atoms with Gasteiger partial charge in [-0.05, 0) is 199 Å². The fourth-order valence-electron chi connectivity index (χ4n) is 14.5. The second-order valence-electron chi connectivity index (χ2n) is 28.0. The summed E-state index contributed by atoms with van der Waals surface area (Å²) in [6.07, 6.45) is 28.9. The number of piperidine rings is 3. The third-order valence-corrected chi connectivity index (χ3v) is 17.2. The molecule has 0 spiro atoms. The molecule has 3 aliphatic rings. The molecule has 0 aliphatic carbocycles. The van der Waals surface area contributed by atoms with Gasteiger partial charge in [0.05, 0.1) is 19.8 Å². The smallest absolute Gasteiger partial charge is 0.228 e. The molecule has 444 valence electrons. The Morgan fingerprint density at radius 2 is 0.737 bits per heavy atom. The van der Waals surface area contributed by atoms with Crippen LogP contribution in [-0.2, 0) is 27.4 Å². The molecule has 4 heterocycles. The molecule has 0 N–H and O–H groups in total. The van der Waals surface area contributed by atoms with Gasteiger partial charge in [-0.1, -0.05) is 99.3 Å². The minimum Gasteiger partial charge on any atom is -0.340 e. The largest absolute Gasteiger partial charge is 0.340 e. The van der Waals surface area contributed by atoms with Gasteiger partial charge in [-0.25, -0.2) is 4.98 Å². The van der Waals surface area contributed by atoms with E-state index in [2.05, 4.69) is 155 Å². The third-order valence-electron chi connectivity index (χ3n) is 17.2. The van der Waals surface area contributed by atoms with E-state index in [1.54, 1.807) is 0 Å². The molecular weight excluding hydrogens is 943 g/mol. The summed E-state index contributed by atoms with van der Waals surface area (Å²) in [6.45, 7) is 51.1. The molecular formula is C64H125N9O3. The molecule has 12 heteroatoms. The highest BCUT2D eigenvalue weighted by atomic mass is 16.7. The van der Waals surface area contributed by atoms with Crippen LogP contribution in [0, 0.1) is 5.92 Å². The lowest BCUT2D eigenvalue weighted by Gasteiger charge is -2.55. The lowest BCUT2D eigenvalue weighted by Crippen LogP contribution is -2.64. The molecule has 3 saturated heterocycles. The van der Waals surface area contributed by atoms with E-state index in [4.69, 9.17) is 29.5 Å². The maximum Gasteiger partial charge on any atom is 0.228 e. The standard InChI is InChI=1S/C64H125N9O3/c1-19-25-28-33-36-56-65-57(67-58(66-56)70(39-27-21-3)52-53-46-59(7,8)71(74-43-22-4)60(9,10)47-53)37-42-69(55-50-63(15,16)73(76-45-24-6)64(17,18)51-55)41-35-32-30-29-31-34-40-68(38-26-20-2)54-48-61(11,12)72(75-44-23-5)62(13,14)49-54/h53-55H,19-52H2,1-18H3. The van der Waals surface area contributed by atoms with Gasteiger partial charge in [-0.3, -0.25) is 19.4 Å². The molecule has 1 aromatic rings. The fourth-order valence-corrected chi connectivity index (χ4v) is 14.5. The number of hydrogen-bond donors (Lipinski definition) is 0. The molecule has 0 amide bonds. The van der Waals surface area contributed by atoms with Crippen LogP contribution in [0.5, 0.6) is 0 Å². The van der Waals surface area contributed by atoms with Gasteiger partial charge >= 0.3 is 0 Å². The number of anilines is 1. The van der Waals surface area contributed by atoms with Crippen LogP contribution in [0.1, 0.15) is 284 Å². The molecule has 0 atom stereocenters. The lowest BCUT2D eigenvalue weighted by atomic mass is 9.75. The average molecular weight is 1070 g/mol. The molecule has 4 rings (SSSR count). The number of aryl methyl sites for hydroxylation is 1. The topological polar surface area (TPSA) is 85.8 Å². The first kappa shape index (κ1) is 67.0. The van der Waals surface area contributed by atoms with Crippen LogP contribution in [0.25, 0.3) is 0 Å². The predicted molar refractivity (Wildman–Crippen MR) is 322 cm³/mol. The quantitative estimate of drug-likeness (QED) is 0.0595. The Hall–Kier alpha value is -1.51. The second-order valence-corrected chi connectivity index (χ2v) is 28.0. The monoisotopic (exact) mass is 1070 g/mol. The van der Waals surface area contributed by atoms with Crippen LogP contribution < -0.4 is 4.90 Å². The lowest BCUT2D eigenvalue weighted by molar-refractivity contribution is -0.288. The van der Waals surface area contributed by atoms with Crippen LogP contribution in [-0.4, -0.2) is 144 Å². The van der Waals surface area contributed by atoms with Crippen LogP contribution in [0.3, 0.4) is 0 Å². The molecule has 3 fully saturated rings. The van der Waals surface area contributed by atoms with Crippen molar-refractivity contribution in [1.82, 2.24) is 39.9 Å². The summed E-state index contributed by atoms with van der Waals surface area (Å²) < 4.78 is 0. The summed E-state index contributed by atoms with van der Waals surface area (Å²) in [5.74, 6) is 3.37. The van der Waals surface area contributed by atoms with Crippen molar-refractivity contribution >= 4 is 5.95 Å². The van der Waals surface area contributed by atoms with E-state index in [0.29, 0.717) is 18.0 Å². The van der Waals surface area contributed by atoms with E-state index in [0.717, 1.165) is 153 Å². The first-order chi connectivity index (χ1) is 35.9. The van der Waals surface area contributed by atoms with Gasteiger partial charge in [0.25, 0.3) is 0 Å². The molecule has 0 bridgehead atoms. The van der Waals surface area contributed by atoms with Gasteiger partial charge in [-0.2, -0.15) is 25.2 Å². The number of hydroxylamine groups is 6. The van der Waals surface area contributed by atoms with Gasteiger partial charge in [0.2, 0.25) is 5.95 Å². The maximum absolute atomic E-state index is 6.56. The van der Waals surface area contributed by atoms with Crippen LogP contribution >= 0.6 is 0 Å². The normalized spacial score (nSPS) is 21.3. The summed E-state index contributed by atoms with van der Waals surface area (Å²) in [4.78, 5) is 43.9. The summed E-state index contributed by atoms with van der Waals surface area (Å²) in [6, 6.07) is 1.06. The highest BCUT2D eigenvalue weighted by Gasteiger charge is 2.50. The number of unbranched alkanes of at least 4 members (excludes halogenated alkanes) is 10. The van der Waals surface area contributed by atoms with Crippen molar-refractivity contribution in [2.24, 2.45) is 5.92 Å². The van der Waals surface area contributed by atoms with Crippen molar-refractivity contribution in [2.75, 3.05) is 64.0 Å². The first-order valence-corrected chi connectivity index (χ1v) is 32.2. The van der Waals surface area contributed by atoms with E-state index in [-0.39, 0.29) is 33.2 Å². The predicted octanol–water partition coefficient (Wildman–Crippen LogP) is 15.2. The Morgan fingerprint density at radius 1 is 0.382 bits per heavy atom. The molecule has 1 aromatic heterocycles. The van der Waals surface area contributed by atoms with Crippen LogP contribution in [0.2, 0.25) is 0 Å². The van der Waals surface area contributed by atoms with Gasteiger partial charge in [-0.15, -0.1) is 0 Å². The summed E-state index contributed by atoms with van der Waals surface area (Å²) in [5, 5.41) is 7.02. The van der Waals surface area contributed by atoms with E-state index >= 15 is 0 Å². The highest BCUT2D eigenvalue weighted by molar-refractivity contribution is 5.30. The number of nitrogens with zero attached hydrogens (tertiary/aromatic N) is 9. The Kier molecular flexibility index (Phi) is 27.9. The number of rotatable bonds is 37. The van der Waals surface area contributed by atoms with Crippen LogP contribution in [0.4, 0.5) is 5.95 Å². The Balaban J connectivity index is 1.50. The minimum absolute atomic E-state index is 0.0174. The Morgan fingerprint density at radius 3 is 1.16 bits per heavy atom. The van der Waals surface area contributed by atoms with Crippen molar-refractivity contribution in [3.63, 3.8) is 0 Å². The summed E-state index contributed by atoms with van der Waals surface area (Å²) in [7, 11) is 0. The Bertz CT molecular complexity index is 1700. The van der Waals surface area contributed by atoms with Crippen molar-refractivity contribution in [1.29, 1.82) is 0 Å². The molecule has 76 heavy (non-hydrogen) atoms.